The fourth-order valence-electron chi connectivity index (χ4n) is 0.699. The van der Waals surface area contributed by atoms with Crippen molar-refractivity contribution in [1.82, 2.24) is 0 Å². The lowest BCUT2D eigenvalue weighted by Crippen LogP contribution is -2.05. The van der Waals surface area contributed by atoms with Crippen molar-refractivity contribution in [3.05, 3.63) is 22.2 Å². The first-order chi connectivity index (χ1) is 6.26. The van der Waals surface area contributed by atoms with Crippen LogP contribution in [0.1, 0.15) is 26.7 Å². The number of carbonyl (C=O) groups excluding carboxylic acids is 1. The Bertz CT molecular complexity index is 242. The van der Waals surface area contributed by atoms with Crippen LogP contribution < -0.4 is 0 Å². The zero-order valence-electron chi connectivity index (χ0n) is 7.86. The molecule has 72 valence electrons. The average molecular weight is 183 g/mol. The average Bonchev–Trinajstić information content (AvgIpc) is 2.12. The van der Waals surface area contributed by atoms with Crippen LogP contribution in [0.15, 0.2) is 16.9 Å². The second-order valence-corrected chi connectivity index (χ2v) is 2.29. The van der Waals surface area contributed by atoms with Gasteiger partial charge in [-0.15, -0.1) is 0 Å². The summed E-state index contributed by atoms with van der Waals surface area (Å²) in [7, 11) is 0. The smallest absolute Gasteiger partial charge is 0.340 e. The first-order valence-corrected chi connectivity index (χ1v) is 4.18. The first-order valence-electron chi connectivity index (χ1n) is 4.18. The van der Waals surface area contributed by atoms with Gasteiger partial charge in [0.15, 0.2) is 0 Å². The Morgan fingerprint density at radius 1 is 1.62 bits per heavy atom. The minimum Gasteiger partial charge on any atom is -0.462 e. The van der Waals surface area contributed by atoms with Gasteiger partial charge in [-0.25, -0.2) is 4.79 Å². The molecule has 0 N–H and O–H groups in total. The number of nitrogens with zero attached hydrogens (tertiary/aromatic N) is 3. The maximum absolute atomic E-state index is 11.1. The molecule has 0 rings (SSSR count). The molecule has 5 heteroatoms. The maximum atomic E-state index is 11.1. The number of carbonyl (C=O) groups is 1. The molecule has 0 spiro atoms. The number of allylic oxidation sites excluding steroid dienone is 1. The highest BCUT2D eigenvalue weighted by Crippen LogP contribution is 2.04. The fraction of sp³-hybridized carbons (Fsp3) is 0.625. The predicted octanol–water partition coefficient (Wildman–Crippen LogP) is 2.54. The van der Waals surface area contributed by atoms with Crippen LogP contribution in [0.2, 0.25) is 0 Å². The van der Waals surface area contributed by atoms with Crippen LogP contribution >= 0.6 is 0 Å². The minimum absolute atomic E-state index is 0.0474. The number of ether oxygens (including phenoxy) is 1. The summed E-state index contributed by atoms with van der Waals surface area (Å²) in [4.78, 5) is 13.6. The van der Waals surface area contributed by atoms with Gasteiger partial charge in [-0.2, -0.15) is 0 Å². The standard InChI is InChI=1S/C8H13N3O2/c1-3-5-6-7(10-11-9)8(12)13-4-2/h6H,3-5H2,1-2H3. The second-order valence-electron chi connectivity index (χ2n) is 2.29. The van der Waals surface area contributed by atoms with Crippen LogP contribution in [0, 0.1) is 0 Å². The third kappa shape index (κ3) is 4.87. The quantitative estimate of drug-likeness (QED) is 0.216. The topological polar surface area (TPSA) is 75.1 Å². The number of hydrogen-bond acceptors (Lipinski definition) is 3. The van der Waals surface area contributed by atoms with Gasteiger partial charge in [0, 0.05) is 4.91 Å². The number of unbranched alkanes of at least 4 members (excludes halogenated alkanes) is 1. The van der Waals surface area contributed by atoms with Crippen molar-refractivity contribution in [2.24, 2.45) is 5.11 Å². The zero-order valence-corrected chi connectivity index (χ0v) is 7.86. The van der Waals surface area contributed by atoms with Crippen LogP contribution in [0.3, 0.4) is 0 Å². The van der Waals surface area contributed by atoms with Crippen molar-refractivity contribution >= 4 is 5.97 Å². The van der Waals surface area contributed by atoms with Crippen molar-refractivity contribution < 1.29 is 9.53 Å². The molecule has 0 aliphatic carbocycles. The molecule has 0 saturated carbocycles. The lowest BCUT2D eigenvalue weighted by atomic mass is 10.3. The Hall–Kier alpha value is -1.48. The van der Waals surface area contributed by atoms with Gasteiger partial charge in [-0.1, -0.05) is 24.5 Å². The summed E-state index contributed by atoms with van der Waals surface area (Å²) in [6.45, 7) is 3.95. The van der Waals surface area contributed by atoms with Gasteiger partial charge in [-0.3, -0.25) is 0 Å². The molecule has 0 aliphatic heterocycles. The Kier molecular flexibility index (Phi) is 6.37. The molecule has 0 aromatic rings. The van der Waals surface area contributed by atoms with Crippen molar-refractivity contribution in [1.29, 1.82) is 0 Å². The molecular weight excluding hydrogens is 170 g/mol. The molecule has 0 aromatic heterocycles. The molecule has 0 atom stereocenters. The molecule has 13 heavy (non-hydrogen) atoms. The summed E-state index contributed by atoms with van der Waals surface area (Å²) in [5.41, 5.74) is 8.21. The fourth-order valence-corrected chi connectivity index (χ4v) is 0.699. The monoisotopic (exact) mass is 183 g/mol. The van der Waals surface area contributed by atoms with E-state index in [1.54, 1.807) is 13.0 Å². The van der Waals surface area contributed by atoms with Crippen LogP contribution in [0.5, 0.6) is 0 Å². The number of azide groups is 1. The molecule has 0 aromatic carbocycles. The van der Waals surface area contributed by atoms with Crippen molar-refractivity contribution in [2.75, 3.05) is 6.61 Å². The van der Waals surface area contributed by atoms with Crippen LogP contribution in [-0.2, 0) is 9.53 Å². The van der Waals surface area contributed by atoms with Crippen LogP contribution in [0.4, 0.5) is 0 Å². The predicted molar refractivity (Wildman–Crippen MR) is 48.8 cm³/mol. The minimum atomic E-state index is -0.561. The largest absolute Gasteiger partial charge is 0.462 e. The SMILES string of the molecule is CCCC=C(N=[N+]=[N-])C(=O)OCC. The van der Waals surface area contributed by atoms with E-state index in [2.05, 4.69) is 14.8 Å². The Balaban J connectivity index is 4.40. The Morgan fingerprint density at radius 2 is 2.31 bits per heavy atom. The third-order valence-electron chi connectivity index (χ3n) is 1.26. The number of hydrogen-bond donors (Lipinski definition) is 0. The normalized spacial score (nSPS) is 10.5. The van der Waals surface area contributed by atoms with Crippen LogP contribution in [0.25, 0.3) is 10.4 Å². The highest BCUT2D eigenvalue weighted by molar-refractivity contribution is 5.87. The second kappa shape index (κ2) is 7.18. The summed E-state index contributed by atoms with van der Waals surface area (Å²) in [5.74, 6) is -0.561. The molecule has 0 heterocycles. The molecule has 0 fully saturated rings. The summed E-state index contributed by atoms with van der Waals surface area (Å²) < 4.78 is 4.68. The van der Waals surface area contributed by atoms with Gasteiger partial charge in [0.25, 0.3) is 0 Å². The van der Waals surface area contributed by atoms with E-state index >= 15 is 0 Å². The first kappa shape index (κ1) is 11.5. The molecular formula is C8H13N3O2. The Morgan fingerprint density at radius 3 is 2.77 bits per heavy atom. The lowest BCUT2D eigenvalue weighted by Gasteiger charge is -1.99. The highest BCUT2D eigenvalue weighted by atomic mass is 16.5. The molecule has 0 amide bonds. The van der Waals surface area contributed by atoms with E-state index in [9.17, 15) is 4.79 Å². The van der Waals surface area contributed by atoms with Crippen molar-refractivity contribution in [2.45, 2.75) is 26.7 Å². The van der Waals surface area contributed by atoms with E-state index in [1.165, 1.54) is 0 Å². The van der Waals surface area contributed by atoms with E-state index < -0.39 is 5.97 Å². The maximum Gasteiger partial charge on any atom is 0.340 e. The summed E-state index contributed by atoms with van der Waals surface area (Å²) in [6.07, 6.45) is 3.18. The highest BCUT2D eigenvalue weighted by Gasteiger charge is 2.06. The van der Waals surface area contributed by atoms with Gasteiger partial charge in [0.05, 0.1) is 6.61 Å². The number of rotatable bonds is 5. The zero-order chi connectivity index (χ0) is 10.1. The van der Waals surface area contributed by atoms with Crippen molar-refractivity contribution in [3.8, 4) is 0 Å². The molecule has 0 saturated heterocycles. The van der Waals surface area contributed by atoms with Gasteiger partial charge in [-0.05, 0) is 18.9 Å². The van der Waals surface area contributed by atoms with Gasteiger partial charge in [0.2, 0.25) is 0 Å². The molecule has 0 aliphatic rings. The molecule has 0 bridgehead atoms. The van der Waals surface area contributed by atoms with E-state index in [1.807, 2.05) is 6.92 Å². The van der Waals surface area contributed by atoms with E-state index in [-0.39, 0.29) is 12.3 Å². The Labute approximate surface area is 77.0 Å². The molecule has 0 radical (unpaired) electrons. The van der Waals surface area contributed by atoms with Gasteiger partial charge < -0.3 is 4.74 Å². The van der Waals surface area contributed by atoms with E-state index in [0.29, 0.717) is 6.42 Å². The third-order valence-corrected chi connectivity index (χ3v) is 1.26. The molecule has 0 unspecified atom stereocenters. The number of esters is 1. The van der Waals surface area contributed by atoms with Crippen LogP contribution in [-0.4, -0.2) is 12.6 Å². The summed E-state index contributed by atoms with van der Waals surface area (Å²) in [5, 5.41) is 3.25. The van der Waals surface area contributed by atoms with Crippen molar-refractivity contribution in [3.63, 3.8) is 0 Å². The van der Waals surface area contributed by atoms with Gasteiger partial charge >= 0.3 is 5.97 Å². The summed E-state index contributed by atoms with van der Waals surface area (Å²) in [6, 6.07) is 0. The van der Waals surface area contributed by atoms with E-state index in [0.717, 1.165) is 6.42 Å². The lowest BCUT2D eigenvalue weighted by molar-refractivity contribution is -0.138. The molecule has 5 nitrogen and oxygen atoms in total. The van der Waals surface area contributed by atoms with Gasteiger partial charge in [0.1, 0.15) is 5.70 Å². The van der Waals surface area contributed by atoms with E-state index in [4.69, 9.17) is 5.53 Å². The summed E-state index contributed by atoms with van der Waals surface area (Å²) >= 11 is 0.